The van der Waals surface area contributed by atoms with Crippen molar-refractivity contribution in [3.63, 3.8) is 0 Å². The second kappa shape index (κ2) is 5.67. The fourth-order valence-electron chi connectivity index (χ4n) is 2.43. The van der Waals surface area contributed by atoms with E-state index in [0.717, 1.165) is 10.2 Å². The van der Waals surface area contributed by atoms with Gasteiger partial charge in [0.05, 0.1) is 6.20 Å². The molecule has 0 aromatic carbocycles. The Labute approximate surface area is 106 Å². The second-order valence-corrected chi connectivity index (χ2v) is 5.36. The van der Waals surface area contributed by atoms with E-state index in [1.54, 1.807) is 12.4 Å². The van der Waals surface area contributed by atoms with Crippen LogP contribution in [-0.2, 0) is 0 Å². The molecule has 0 radical (unpaired) electrons. The third-order valence-corrected chi connectivity index (χ3v) is 3.76. The Balaban J connectivity index is 2.02. The first-order valence-electron chi connectivity index (χ1n) is 6.07. The van der Waals surface area contributed by atoms with Crippen molar-refractivity contribution in [3.8, 4) is 5.75 Å². The van der Waals surface area contributed by atoms with Gasteiger partial charge >= 0.3 is 0 Å². The van der Waals surface area contributed by atoms with Crippen molar-refractivity contribution in [1.29, 1.82) is 0 Å². The third-order valence-electron chi connectivity index (χ3n) is 3.33. The summed E-state index contributed by atoms with van der Waals surface area (Å²) in [6.45, 7) is 2.26. The van der Waals surface area contributed by atoms with Crippen molar-refractivity contribution in [1.82, 2.24) is 4.98 Å². The monoisotopic (exact) mass is 283 g/mol. The summed E-state index contributed by atoms with van der Waals surface area (Å²) in [5.74, 6) is 1.60. The van der Waals surface area contributed by atoms with E-state index in [0.29, 0.717) is 12.0 Å². The van der Waals surface area contributed by atoms with Gasteiger partial charge in [0.15, 0.2) is 0 Å². The van der Waals surface area contributed by atoms with Gasteiger partial charge in [0.2, 0.25) is 0 Å². The van der Waals surface area contributed by atoms with Crippen LogP contribution in [0.1, 0.15) is 39.0 Å². The molecule has 1 saturated carbocycles. The van der Waals surface area contributed by atoms with Gasteiger partial charge in [0, 0.05) is 10.7 Å². The van der Waals surface area contributed by atoms with E-state index in [1.807, 2.05) is 6.07 Å². The van der Waals surface area contributed by atoms with Crippen LogP contribution < -0.4 is 4.74 Å². The molecule has 1 heterocycles. The van der Waals surface area contributed by atoms with E-state index in [-0.39, 0.29) is 0 Å². The lowest BCUT2D eigenvalue weighted by Gasteiger charge is -2.31. The van der Waals surface area contributed by atoms with Crippen molar-refractivity contribution in [3.05, 3.63) is 22.9 Å². The minimum Gasteiger partial charge on any atom is -0.488 e. The number of ether oxygens (including phenoxy) is 1. The van der Waals surface area contributed by atoms with Crippen LogP contribution in [0.25, 0.3) is 0 Å². The molecule has 0 spiro atoms. The summed E-state index contributed by atoms with van der Waals surface area (Å²) in [7, 11) is 0. The Bertz CT molecular complexity index is 342. The minimum atomic E-state index is 0.384. The summed E-state index contributed by atoms with van der Waals surface area (Å²) in [6.07, 6.45) is 10.3. The maximum atomic E-state index is 6.05. The van der Waals surface area contributed by atoms with Gasteiger partial charge in [-0.05, 0) is 53.6 Å². The fourth-order valence-corrected chi connectivity index (χ4v) is 2.77. The highest BCUT2D eigenvalue weighted by molar-refractivity contribution is 9.10. The van der Waals surface area contributed by atoms with Crippen LogP contribution in [0.5, 0.6) is 5.75 Å². The molecular formula is C13H18BrNO. The molecule has 1 fully saturated rings. The molecule has 1 aliphatic rings. The molecule has 2 atom stereocenters. The quantitative estimate of drug-likeness (QED) is 0.830. The number of hydrogen-bond acceptors (Lipinski definition) is 2. The largest absolute Gasteiger partial charge is 0.488 e. The van der Waals surface area contributed by atoms with Crippen molar-refractivity contribution >= 4 is 15.9 Å². The molecule has 1 aliphatic carbocycles. The topological polar surface area (TPSA) is 22.1 Å². The normalized spacial score (nSPS) is 25.4. The van der Waals surface area contributed by atoms with E-state index < -0.39 is 0 Å². The molecule has 3 heteroatoms. The Morgan fingerprint density at radius 1 is 1.38 bits per heavy atom. The number of hydrogen-bond donors (Lipinski definition) is 0. The zero-order valence-corrected chi connectivity index (χ0v) is 11.2. The van der Waals surface area contributed by atoms with Crippen LogP contribution in [0, 0.1) is 5.92 Å². The lowest BCUT2D eigenvalue weighted by Crippen LogP contribution is -2.29. The van der Waals surface area contributed by atoms with Gasteiger partial charge in [0.25, 0.3) is 0 Å². The summed E-state index contributed by atoms with van der Waals surface area (Å²) < 4.78 is 7.03. The molecule has 0 bridgehead atoms. The predicted octanol–water partition coefficient (Wildman–Crippen LogP) is 4.19. The van der Waals surface area contributed by atoms with Crippen molar-refractivity contribution in [2.75, 3.05) is 0 Å². The van der Waals surface area contributed by atoms with Gasteiger partial charge in [-0.3, -0.25) is 4.98 Å². The van der Waals surface area contributed by atoms with E-state index in [2.05, 4.69) is 27.8 Å². The molecule has 0 amide bonds. The smallest absolute Gasteiger partial charge is 0.139 e. The first kappa shape index (κ1) is 11.9. The molecule has 2 nitrogen and oxygen atoms in total. The highest BCUT2D eigenvalue weighted by Gasteiger charge is 2.25. The average Bonchev–Trinajstić information content (AvgIpc) is 2.30. The lowest BCUT2D eigenvalue weighted by molar-refractivity contribution is 0.0899. The van der Waals surface area contributed by atoms with E-state index in [4.69, 9.17) is 4.74 Å². The summed E-state index contributed by atoms with van der Waals surface area (Å²) >= 11 is 3.42. The van der Waals surface area contributed by atoms with E-state index in [1.165, 1.54) is 32.1 Å². The van der Waals surface area contributed by atoms with Gasteiger partial charge in [-0.1, -0.05) is 13.3 Å². The zero-order valence-electron chi connectivity index (χ0n) is 9.66. The van der Waals surface area contributed by atoms with Gasteiger partial charge in [-0.2, -0.15) is 0 Å². The standard InChI is InChI=1S/C13H18BrNO/c1-2-10-5-3-4-6-13(10)16-12-7-11(14)8-15-9-12/h7-10,13H,2-6H2,1H3. The minimum absolute atomic E-state index is 0.384. The first-order valence-corrected chi connectivity index (χ1v) is 6.86. The molecule has 0 N–H and O–H groups in total. The summed E-state index contributed by atoms with van der Waals surface area (Å²) in [4.78, 5) is 4.13. The zero-order chi connectivity index (χ0) is 11.4. The summed E-state index contributed by atoms with van der Waals surface area (Å²) in [6, 6.07) is 1.99. The van der Waals surface area contributed by atoms with Gasteiger partial charge in [-0.25, -0.2) is 0 Å². The third kappa shape index (κ3) is 2.97. The van der Waals surface area contributed by atoms with Crippen LogP contribution in [0.3, 0.4) is 0 Å². The molecule has 16 heavy (non-hydrogen) atoms. The molecule has 2 unspecified atom stereocenters. The Kier molecular flexibility index (Phi) is 4.22. The maximum Gasteiger partial charge on any atom is 0.139 e. The number of aromatic nitrogens is 1. The van der Waals surface area contributed by atoms with Crippen molar-refractivity contribution in [2.45, 2.75) is 45.1 Å². The number of rotatable bonds is 3. The van der Waals surface area contributed by atoms with Crippen molar-refractivity contribution < 1.29 is 4.74 Å². The Morgan fingerprint density at radius 3 is 2.94 bits per heavy atom. The van der Waals surface area contributed by atoms with Gasteiger partial charge < -0.3 is 4.74 Å². The van der Waals surface area contributed by atoms with Crippen LogP contribution in [0.2, 0.25) is 0 Å². The molecule has 0 saturated heterocycles. The van der Waals surface area contributed by atoms with Crippen molar-refractivity contribution in [2.24, 2.45) is 5.92 Å². The number of nitrogens with zero attached hydrogens (tertiary/aromatic N) is 1. The fraction of sp³-hybridized carbons (Fsp3) is 0.615. The number of halogens is 1. The molecule has 2 rings (SSSR count). The van der Waals surface area contributed by atoms with Crippen LogP contribution >= 0.6 is 15.9 Å². The highest BCUT2D eigenvalue weighted by Crippen LogP contribution is 2.30. The molecular weight excluding hydrogens is 266 g/mol. The predicted molar refractivity (Wildman–Crippen MR) is 68.6 cm³/mol. The van der Waals surface area contributed by atoms with Crippen LogP contribution in [-0.4, -0.2) is 11.1 Å². The van der Waals surface area contributed by atoms with Gasteiger partial charge in [-0.15, -0.1) is 0 Å². The van der Waals surface area contributed by atoms with Crippen LogP contribution in [0.15, 0.2) is 22.9 Å². The maximum absolute atomic E-state index is 6.05. The molecule has 0 aliphatic heterocycles. The van der Waals surface area contributed by atoms with E-state index >= 15 is 0 Å². The summed E-state index contributed by atoms with van der Waals surface area (Å²) in [5, 5.41) is 0. The lowest BCUT2D eigenvalue weighted by atomic mass is 9.85. The Hall–Kier alpha value is -0.570. The van der Waals surface area contributed by atoms with E-state index in [9.17, 15) is 0 Å². The van der Waals surface area contributed by atoms with Gasteiger partial charge in [0.1, 0.15) is 11.9 Å². The first-order chi connectivity index (χ1) is 7.79. The second-order valence-electron chi connectivity index (χ2n) is 4.45. The molecule has 88 valence electrons. The average molecular weight is 284 g/mol. The highest BCUT2D eigenvalue weighted by atomic mass is 79.9. The Morgan fingerprint density at radius 2 is 2.19 bits per heavy atom. The SMILES string of the molecule is CCC1CCCCC1Oc1cncc(Br)c1. The molecule has 1 aromatic heterocycles. The van der Waals surface area contributed by atoms with Crippen LogP contribution in [0.4, 0.5) is 0 Å². The molecule has 1 aromatic rings. The number of pyridine rings is 1. The summed E-state index contributed by atoms with van der Waals surface area (Å²) in [5.41, 5.74) is 0.